The minimum Gasteiger partial charge on any atom is -0.497 e. The third-order valence-electron chi connectivity index (χ3n) is 5.41. The molecule has 0 radical (unpaired) electrons. The number of carboxylic acids is 1. The molecule has 1 N–H and O–H groups in total. The van der Waals surface area contributed by atoms with Crippen LogP contribution in [0.15, 0.2) is 72.8 Å². The molecule has 3 aromatic rings. The summed E-state index contributed by atoms with van der Waals surface area (Å²) in [5.41, 5.74) is 2.22. The Morgan fingerprint density at radius 3 is 2.00 bits per heavy atom. The lowest BCUT2D eigenvalue weighted by Crippen LogP contribution is -2.45. The van der Waals surface area contributed by atoms with Crippen molar-refractivity contribution in [2.24, 2.45) is 0 Å². The van der Waals surface area contributed by atoms with Gasteiger partial charge in [-0.25, -0.2) is 0 Å². The van der Waals surface area contributed by atoms with Gasteiger partial charge in [0.05, 0.1) is 20.3 Å². The van der Waals surface area contributed by atoms with E-state index in [-0.39, 0.29) is 5.91 Å². The molecule has 0 saturated heterocycles. The Labute approximate surface area is 174 Å². The maximum Gasteiger partial charge on any atom is 0.313 e. The molecule has 2 atom stereocenters. The number of carboxylic acid groups (broad SMARTS) is 1. The molecular weight excluding hydrogens is 382 g/mol. The van der Waals surface area contributed by atoms with Gasteiger partial charge in [-0.1, -0.05) is 30.3 Å². The van der Waals surface area contributed by atoms with Crippen LogP contribution in [0.2, 0.25) is 0 Å². The number of methoxy groups -OCH3 is 2. The van der Waals surface area contributed by atoms with Crippen LogP contribution in [0.4, 0.5) is 5.69 Å². The third kappa shape index (κ3) is 3.26. The SMILES string of the molecule is COc1ccc([C@H]2[C@H](C(=O)O)c3ccccc3C(=O)N2c2ccc(OC)cc2)cc1. The summed E-state index contributed by atoms with van der Waals surface area (Å²) in [6.07, 6.45) is 0. The second-order valence-electron chi connectivity index (χ2n) is 6.99. The Kier molecular flexibility index (Phi) is 5.14. The van der Waals surface area contributed by atoms with Gasteiger partial charge in [-0.2, -0.15) is 0 Å². The number of benzene rings is 3. The van der Waals surface area contributed by atoms with E-state index in [2.05, 4.69) is 0 Å². The Bertz CT molecular complexity index is 1080. The van der Waals surface area contributed by atoms with Crippen molar-refractivity contribution in [1.29, 1.82) is 0 Å². The van der Waals surface area contributed by atoms with Crippen LogP contribution < -0.4 is 14.4 Å². The zero-order valence-electron chi connectivity index (χ0n) is 16.6. The van der Waals surface area contributed by atoms with Crippen molar-refractivity contribution in [1.82, 2.24) is 0 Å². The van der Waals surface area contributed by atoms with Crippen molar-refractivity contribution in [2.45, 2.75) is 12.0 Å². The zero-order chi connectivity index (χ0) is 21.3. The molecule has 0 fully saturated rings. The molecule has 1 amide bonds. The minimum absolute atomic E-state index is 0.242. The topological polar surface area (TPSA) is 76.1 Å². The van der Waals surface area contributed by atoms with Gasteiger partial charge in [-0.15, -0.1) is 0 Å². The normalized spacial score (nSPS) is 17.9. The van der Waals surface area contributed by atoms with E-state index in [0.29, 0.717) is 33.9 Å². The average molecular weight is 403 g/mol. The molecule has 152 valence electrons. The van der Waals surface area contributed by atoms with Gasteiger partial charge < -0.3 is 14.6 Å². The fourth-order valence-corrected chi connectivity index (χ4v) is 3.97. The monoisotopic (exact) mass is 403 g/mol. The minimum atomic E-state index is -0.991. The van der Waals surface area contributed by atoms with Crippen LogP contribution in [-0.4, -0.2) is 31.2 Å². The molecule has 1 aliphatic heterocycles. The summed E-state index contributed by atoms with van der Waals surface area (Å²) >= 11 is 0. The van der Waals surface area contributed by atoms with E-state index in [1.54, 1.807) is 91.9 Å². The number of hydrogen-bond acceptors (Lipinski definition) is 4. The molecule has 3 aromatic carbocycles. The summed E-state index contributed by atoms with van der Waals surface area (Å²) < 4.78 is 10.5. The molecule has 0 bridgehead atoms. The Hall–Kier alpha value is -3.80. The van der Waals surface area contributed by atoms with Crippen LogP contribution in [0.25, 0.3) is 0 Å². The van der Waals surface area contributed by atoms with Crippen LogP contribution >= 0.6 is 0 Å². The van der Waals surface area contributed by atoms with Crippen molar-refractivity contribution >= 4 is 17.6 Å². The first-order valence-corrected chi connectivity index (χ1v) is 9.48. The fraction of sp³-hybridized carbons (Fsp3) is 0.167. The summed E-state index contributed by atoms with van der Waals surface area (Å²) in [5.74, 6) is -0.846. The van der Waals surface area contributed by atoms with Gasteiger partial charge in [0, 0.05) is 11.3 Å². The second-order valence-corrected chi connectivity index (χ2v) is 6.99. The van der Waals surface area contributed by atoms with E-state index < -0.39 is 17.9 Å². The number of aliphatic carboxylic acids is 1. The Morgan fingerprint density at radius 1 is 0.867 bits per heavy atom. The molecule has 0 unspecified atom stereocenters. The number of amides is 1. The molecule has 0 saturated carbocycles. The van der Waals surface area contributed by atoms with Gasteiger partial charge in [0.15, 0.2) is 0 Å². The number of hydrogen-bond donors (Lipinski definition) is 1. The van der Waals surface area contributed by atoms with Crippen LogP contribution in [0.5, 0.6) is 11.5 Å². The smallest absolute Gasteiger partial charge is 0.313 e. The molecule has 1 aliphatic rings. The first-order chi connectivity index (χ1) is 14.5. The maximum absolute atomic E-state index is 13.5. The van der Waals surface area contributed by atoms with E-state index in [9.17, 15) is 14.7 Å². The lowest BCUT2D eigenvalue weighted by Gasteiger charge is -2.40. The van der Waals surface area contributed by atoms with E-state index >= 15 is 0 Å². The van der Waals surface area contributed by atoms with Crippen molar-refractivity contribution in [3.8, 4) is 11.5 Å². The highest BCUT2D eigenvalue weighted by atomic mass is 16.5. The van der Waals surface area contributed by atoms with Gasteiger partial charge in [-0.3, -0.25) is 14.5 Å². The molecular formula is C24H21NO5. The highest BCUT2D eigenvalue weighted by Gasteiger charge is 2.44. The quantitative estimate of drug-likeness (QED) is 0.688. The molecule has 6 heteroatoms. The van der Waals surface area contributed by atoms with Gasteiger partial charge in [0.2, 0.25) is 0 Å². The van der Waals surface area contributed by atoms with Crippen molar-refractivity contribution in [3.05, 3.63) is 89.5 Å². The molecule has 0 spiro atoms. The van der Waals surface area contributed by atoms with Crippen LogP contribution in [0.1, 0.15) is 33.4 Å². The first kappa shape index (κ1) is 19.5. The largest absolute Gasteiger partial charge is 0.497 e. The van der Waals surface area contributed by atoms with Gasteiger partial charge >= 0.3 is 5.97 Å². The number of fused-ring (bicyclic) bond motifs is 1. The molecule has 6 nitrogen and oxygen atoms in total. The summed E-state index contributed by atoms with van der Waals surface area (Å²) in [5, 5.41) is 10.2. The number of carbonyl (C=O) groups is 2. The van der Waals surface area contributed by atoms with E-state index in [4.69, 9.17) is 9.47 Å². The fourth-order valence-electron chi connectivity index (χ4n) is 3.97. The predicted octanol–water partition coefficient (Wildman–Crippen LogP) is 4.27. The average Bonchev–Trinajstić information content (AvgIpc) is 2.79. The van der Waals surface area contributed by atoms with E-state index in [1.165, 1.54) is 0 Å². The molecule has 30 heavy (non-hydrogen) atoms. The van der Waals surface area contributed by atoms with Crippen LogP contribution in [0.3, 0.4) is 0 Å². The zero-order valence-corrected chi connectivity index (χ0v) is 16.6. The summed E-state index contributed by atoms with van der Waals surface area (Å²) in [4.78, 5) is 27.5. The number of ether oxygens (including phenoxy) is 2. The molecule has 0 aromatic heterocycles. The summed E-state index contributed by atoms with van der Waals surface area (Å²) in [6.45, 7) is 0. The van der Waals surface area contributed by atoms with Crippen molar-refractivity contribution in [3.63, 3.8) is 0 Å². The summed E-state index contributed by atoms with van der Waals surface area (Å²) in [7, 11) is 3.14. The third-order valence-corrected chi connectivity index (χ3v) is 5.41. The van der Waals surface area contributed by atoms with Crippen molar-refractivity contribution < 1.29 is 24.2 Å². The van der Waals surface area contributed by atoms with E-state index in [0.717, 1.165) is 0 Å². The standard InChI is InChI=1S/C24H21NO5/c1-29-17-11-7-15(8-12-17)22-21(24(27)28)19-5-3-4-6-20(19)23(26)25(22)16-9-13-18(30-2)14-10-16/h3-14,21-22H,1-2H3,(H,27,28)/t21-,22+/m1/s1. The number of carbonyl (C=O) groups excluding carboxylic acids is 1. The van der Waals surface area contributed by atoms with Gasteiger partial charge in [0.25, 0.3) is 5.91 Å². The highest BCUT2D eigenvalue weighted by molar-refractivity contribution is 6.11. The second kappa shape index (κ2) is 7.91. The maximum atomic E-state index is 13.5. The van der Waals surface area contributed by atoms with Gasteiger partial charge in [-0.05, 0) is 53.6 Å². The van der Waals surface area contributed by atoms with Crippen LogP contribution in [0, 0.1) is 0 Å². The lowest BCUT2D eigenvalue weighted by molar-refractivity contribution is -0.139. The van der Waals surface area contributed by atoms with Gasteiger partial charge in [0.1, 0.15) is 17.4 Å². The number of nitrogens with zero attached hydrogens (tertiary/aromatic N) is 1. The van der Waals surface area contributed by atoms with Crippen molar-refractivity contribution in [2.75, 3.05) is 19.1 Å². The molecule has 1 heterocycles. The predicted molar refractivity (Wildman–Crippen MR) is 112 cm³/mol. The first-order valence-electron chi connectivity index (χ1n) is 9.48. The Balaban J connectivity index is 1.93. The summed E-state index contributed by atoms with van der Waals surface area (Å²) in [6, 6.07) is 20.4. The molecule has 0 aliphatic carbocycles. The highest BCUT2D eigenvalue weighted by Crippen LogP contribution is 2.45. The number of rotatable bonds is 5. The number of anilines is 1. The lowest BCUT2D eigenvalue weighted by atomic mass is 9.79. The Morgan fingerprint density at radius 2 is 1.43 bits per heavy atom. The molecule has 4 rings (SSSR count). The van der Waals surface area contributed by atoms with E-state index in [1.807, 2.05) is 0 Å². The van der Waals surface area contributed by atoms with Crippen LogP contribution in [-0.2, 0) is 4.79 Å².